The van der Waals surface area contributed by atoms with E-state index in [0.29, 0.717) is 11.1 Å². The van der Waals surface area contributed by atoms with Crippen molar-refractivity contribution in [3.63, 3.8) is 0 Å². The van der Waals surface area contributed by atoms with Crippen molar-refractivity contribution in [2.45, 2.75) is 131 Å². The van der Waals surface area contributed by atoms with E-state index in [0.717, 1.165) is 5.56 Å². The van der Waals surface area contributed by atoms with E-state index in [9.17, 15) is 97.5 Å². The quantitative estimate of drug-likeness (QED) is 0.0255. The van der Waals surface area contributed by atoms with Crippen LogP contribution in [-0.4, -0.2) is 193 Å². The Morgan fingerprint density at radius 3 is 1.26 bits per heavy atom. The number of rotatable bonds is 41. The van der Waals surface area contributed by atoms with E-state index in [1.54, 1.807) is 91.0 Å². The van der Waals surface area contributed by atoms with E-state index in [1.165, 1.54) is 0 Å². The van der Waals surface area contributed by atoms with E-state index in [1.807, 2.05) is 10.6 Å². The van der Waals surface area contributed by atoms with Crippen LogP contribution < -0.4 is 58.9 Å². The highest BCUT2D eigenvalue weighted by atomic mass is 32.1. The maximum absolute atomic E-state index is 14.2. The number of thiol groups is 1. The molecule has 0 saturated carbocycles. The van der Waals surface area contributed by atoms with Crippen LogP contribution in [0.4, 0.5) is 4.79 Å². The van der Waals surface area contributed by atoms with Crippen molar-refractivity contribution in [2.75, 3.05) is 18.8 Å². The number of amides is 10. The number of nitrogens with two attached hydrogens (primary N) is 1. The number of hydrogen-bond donors (Lipinski definition) is 18. The molecule has 0 bridgehead atoms. The zero-order valence-corrected chi connectivity index (χ0v) is 49.2. The lowest BCUT2D eigenvalue weighted by molar-refractivity contribution is -0.143. The summed E-state index contributed by atoms with van der Waals surface area (Å²) in [6.45, 7) is -1.39. The average Bonchev–Trinajstić information content (AvgIpc) is 2.54. The third kappa shape index (κ3) is 28.6. The molecule has 18 N–H and O–H groups in total. The first-order chi connectivity index (χ1) is 42.6. The number of hydrogen-bond acceptors (Lipinski definition) is 17. The predicted octanol–water partition coefficient (Wildman–Crippen LogP) is -2.83. The lowest BCUT2D eigenvalue weighted by Gasteiger charge is -2.24. The summed E-state index contributed by atoms with van der Waals surface area (Å²) in [6.07, 6.45) is -4.51. The molecule has 10 amide bonds. The normalized spacial score (nSPS) is 13.8. The molecule has 0 radical (unpaired) electrons. The van der Waals surface area contributed by atoms with Crippen molar-refractivity contribution >= 4 is 102 Å². The molecule has 0 spiro atoms. The summed E-state index contributed by atoms with van der Waals surface area (Å²) in [5.41, 5.74) is 8.02. The summed E-state index contributed by atoms with van der Waals surface area (Å²) in [5, 5.41) is 79.5. The molecule has 0 heterocycles. The molecule has 90 heavy (non-hydrogen) atoms. The summed E-state index contributed by atoms with van der Waals surface area (Å²) in [7, 11) is 0. The first-order valence-corrected chi connectivity index (χ1v) is 28.5. The van der Waals surface area contributed by atoms with E-state index in [-0.39, 0.29) is 37.9 Å². The molecule has 32 nitrogen and oxygen atoms in total. The lowest BCUT2D eigenvalue weighted by Crippen LogP contribution is -2.58. The molecule has 9 atom stereocenters. The van der Waals surface area contributed by atoms with Crippen molar-refractivity contribution in [1.82, 2.24) is 53.2 Å². The highest BCUT2D eigenvalue weighted by molar-refractivity contribution is 7.80. The van der Waals surface area contributed by atoms with Crippen molar-refractivity contribution in [3.05, 3.63) is 108 Å². The van der Waals surface area contributed by atoms with Crippen LogP contribution in [0.15, 0.2) is 91.0 Å². The summed E-state index contributed by atoms with van der Waals surface area (Å²) < 4.78 is 0. The standard InChI is InChI=1S/C57H73N11O21S/c58-34(48(76)65-41(27-47(74)75)52(80)66-42(30-90)56(87)88)28-60-49(77)35(18-16-31-10-4-1-5-11-31)63-51(79)40(26-33-14-8-3-9-15-33)62-45(71)29-59-43(69)23-20-37(53(81)82)64-50(78)36(19-17-32-12-6-2-7-13-32)61-44(70)24-21-38(54(83)84)67-57(89)68-39(55(85)86)22-25-46(72)73/h1-15,34-42,90H,16-30,58H2,(H,59,69)(H,60,77)(H,61,70)(H,62,71)(H,63,79)(H,64,78)(H,65,76)(H,66,80)(H,72,73)(H,74,75)(H,81,82)(H,83,84)(H,85,86)(H,87,88)(H2,67,68,89)/t34-,35-,36-,37+,38-,39-,40-,41-,42-/m0/s1. The number of carboxylic acid groups (broad SMARTS) is 6. The van der Waals surface area contributed by atoms with Crippen LogP contribution in [0.5, 0.6) is 0 Å². The molecule has 0 aliphatic carbocycles. The first kappa shape index (κ1) is 74.1. The minimum absolute atomic E-state index is 0.0558. The Labute approximate surface area is 519 Å². The third-order valence-corrected chi connectivity index (χ3v) is 13.6. The van der Waals surface area contributed by atoms with Crippen LogP contribution in [0.2, 0.25) is 0 Å². The Morgan fingerprint density at radius 1 is 0.378 bits per heavy atom. The second-order valence-electron chi connectivity index (χ2n) is 20.2. The summed E-state index contributed by atoms with van der Waals surface area (Å²) in [6, 6.07) is 9.85. The van der Waals surface area contributed by atoms with Gasteiger partial charge in [0, 0.05) is 38.0 Å². The van der Waals surface area contributed by atoms with Crippen molar-refractivity contribution in [1.29, 1.82) is 0 Å². The maximum atomic E-state index is 14.2. The molecule has 0 aliphatic rings. The van der Waals surface area contributed by atoms with E-state index < -0.39 is 202 Å². The molecule has 3 aromatic carbocycles. The smallest absolute Gasteiger partial charge is 0.327 e. The molecule has 3 aromatic rings. The Bertz CT molecular complexity index is 3000. The fourth-order valence-electron chi connectivity index (χ4n) is 8.33. The molecule has 0 unspecified atom stereocenters. The molecule has 0 aromatic heterocycles. The van der Waals surface area contributed by atoms with Gasteiger partial charge in [0.25, 0.3) is 0 Å². The minimum atomic E-state index is -1.79. The monoisotopic (exact) mass is 1280 g/mol. The first-order valence-electron chi connectivity index (χ1n) is 27.9. The Morgan fingerprint density at radius 2 is 0.778 bits per heavy atom. The molecule has 3 rings (SSSR count). The Balaban J connectivity index is 1.70. The van der Waals surface area contributed by atoms with Gasteiger partial charge in [-0.15, -0.1) is 0 Å². The highest BCUT2D eigenvalue weighted by Crippen LogP contribution is 2.12. The largest absolute Gasteiger partial charge is 0.481 e. The van der Waals surface area contributed by atoms with Gasteiger partial charge < -0.3 is 89.5 Å². The molecule has 488 valence electrons. The Hall–Kier alpha value is -10.2. The van der Waals surface area contributed by atoms with Gasteiger partial charge in [-0.1, -0.05) is 91.0 Å². The van der Waals surface area contributed by atoms with Crippen LogP contribution >= 0.6 is 12.6 Å². The van der Waals surface area contributed by atoms with Gasteiger partial charge in [0.2, 0.25) is 47.3 Å². The third-order valence-electron chi connectivity index (χ3n) is 13.2. The molecule has 0 aliphatic heterocycles. The van der Waals surface area contributed by atoms with Gasteiger partial charge in [-0.05, 0) is 61.6 Å². The fraction of sp³-hybridized carbons (Fsp3) is 0.421. The molecule has 0 fully saturated rings. The van der Waals surface area contributed by atoms with E-state index in [4.69, 9.17) is 10.8 Å². The highest BCUT2D eigenvalue weighted by Gasteiger charge is 2.33. The van der Waals surface area contributed by atoms with Crippen LogP contribution in [0.1, 0.15) is 74.5 Å². The van der Waals surface area contributed by atoms with Crippen LogP contribution in [0.25, 0.3) is 0 Å². The van der Waals surface area contributed by atoms with Gasteiger partial charge in [-0.3, -0.25) is 47.9 Å². The van der Waals surface area contributed by atoms with Crippen molar-refractivity contribution in [3.8, 4) is 0 Å². The topological polar surface area (TPSA) is 524 Å². The maximum Gasteiger partial charge on any atom is 0.327 e. The number of carbonyl (C=O) groups excluding carboxylic acids is 9. The molecule has 0 saturated heterocycles. The van der Waals surface area contributed by atoms with Crippen molar-refractivity contribution in [2.24, 2.45) is 5.73 Å². The lowest BCUT2D eigenvalue weighted by atomic mass is 10.0. The number of urea groups is 1. The zero-order chi connectivity index (χ0) is 66.9. The molecular weight excluding hydrogens is 1210 g/mol. The van der Waals surface area contributed by atoms with Crippen LogP contribution in [0, 0.1) is 0 Å². The summed E-state index contributed by atoms with van der Waals surface area (Å²) in [4.78, 5) is 190. The number of carbonyl (C=O) groups is 15. The number of benzene rings is 3. The number of aliphatic carboxylic acids is 6. The van der Waals surface area contributed by atoms with Gasteiger partial charge in [0.1, 0.15) is 54.4 Å². The van der Waals surface area contributed by atoms with Gasteiger partial charge in [-0.25, -0.2) is 24.0 Å². The van der Waals surface area contributed by atoms with Crippen LogP contribution in [-0.2, 0) is 86.4 Å². The second-order valence-corrected chi connectivity index (χ2v) is 20.6. The average molecular weight is 1280 g/mol. The SMILES string of the molecule is N[C@@H](CNC(=O)[C@H](CCc1ccccc1)NC(=O)[C@H](Cc1ccccc1)NC(=O)CNC(=O)CC[C@@H](NC(=O)[C@H](CCc1ccccc1)NC(=O)CC[C@H](NC(=O)N[C@@H](CCC(=O)O)C(=O)O)C(=O)O)C(=O)O)C(=O)N[C@@H](CC(=O)O)C(=O)N[C@@H](CS)C(=O)O. The molecule has 33 heteroatoms. The zero-order valence-electron chi connectivity index (χ0n) is 48.3. The number of aryl methyl sites for hydroxylation is 2. The molecular formula is C57H73N11O21S. The van der Waals surface area contributed by atoms with E-state index >= 15 is 0 Å². The van der Waals surface area contributed by atoms with Crippen molar-refractivity contribution < 1.29 is 103 Å². The Kier molecular flexibility index (Phi) is 32.0. The fourth-order valence-corrected chi connectivity index (χ4v) is 8.58. The van der Waals surface area contributed by atoms with E-state index in [2.05, 4.69) is 55.2 Å². The van der Waals surface area contributed by atoms with Gasteiger partial charge in [-0.2, -0.15) is 12.6 Å². The summed E-state index contributed by atoms with van der Waals surface area (Å²) >= 11 is 3.85. The van der Waals surface area contributed by atoms with Gasteiger partial charge in [0.15, 0.2) is 0 Å². The van der Waals surface area contributed by atoms with Gasteiger partial charge in [0.05, 0.1) is 13.0 Å². The van der Waals surface area contributed by atoms with Crippen LogP contribution in [0.3, 0.4) is 0 Å². The second kappa shape index (κ2) is 38.9. The number of carboxylic acids is 6. The predicted molar refractivity (Wildman–Crippen MR) is 316 cm³/mol. The minimum Gasteiger partial charge on any atom is -0.481 e. The number of nitrogens with one attached hydrogen (secondary N) is 10. The summed E-state index contributed by atoms with van der Waals surface area (Å²) in [5.74, 6) is -17.4. The van der Waals surface area contributed by atoms with Gasteiger partial charge >= 0.3 is 41.8 Å².